The Balaban J connectivity index is 1.69. The first-order valence-corrected chi connectivity index (χ1v) is 7.85. The van der Waals surface area contributed by atoms with Crippen molar-refractivity contribution in [3.63, 3.8) is 0 Å². The second-order valence-electron chi connectivity index (χ2n) is 6.32. The van der Waals surface area contributed by atoms with Gasteiger partial charge in [0.15, 0.2) is 0 Å². The number of phenols is 1. The Morgan fingerprint density at radius 2 is 1.96 bits per heavy atom. The lowest BCUT2D eigenvalue weighted by Crippen LogP contribution is -2.34. The number of amides is 1. The van der Waals surface area contributed by atoms with Crippen molar-refractivity contribution in [1.29, 1.82) is 0 Å². The van der Waals surface area contributed by atoms with Gasteiger partial charge in [0.1, 0.15) is 5.75 Å². The molecule has 4 heteroatoms. The number of rotatable bonds is 4. The maximum Gasteiger partial charge on any atom is 0.223 e. The lowest BCUT2D eigenvalue weighted by molar-refractivity contribution is -0.126. The third kappa shape index (κ3) is 3.22. The number of carbonyl (C=O) groups excluding carboxylic acids is 1. The van der Waals surface area contributed by atoms with Crippen molar-refractivity contribution < 1.29 is 15.0 Å². The molecule has 0 radical (unpaired) electrons. The molecule has 4 nitrogen and oxygen atoms in total. The molecule has 2 atom stereocenters. The van der Waals surface area contributed by atoms with Gasteiger partial charge in [0.05, 0.1) is 18.1 Å². The van der Waals surface area contributed by atoms with E-state index in [0.29, 0.717) is 0 Å². The molecule has 1 aliphatic rings. The van der Waals surface area contributed by atoms with Crippen LogP contribution in [-0.2, 0) is 16.8 Å². The summed E-state index contributed by atoms with van der Waals surface area (Å²) in [6.45, 7) is 1.65. The van der Waals surface area contributed by atoms with Gasteiger partial charge in [0.25, 0.3) is 0 Å². The zero-order valence-electron chi connectivity index (χ0n) is 13.1. The van der Waals surface area contributed by atoms with Gasteiger partial charge in [0, 0.05) is 0 Å². The van der Waals surface area contributed by atoms with E-state index in [1.165, 1.54) is 0 Å². The van der Waals surface area contributed by atoms with Crippen molar-refractivity contribution in [2.75, 3.05) is 0 Å². The van der Waals surface area contributed by atoms with Crippen molar-refractivity contribution in [1.82, 2.24) is 5.32 Å². The monoisotopic (exact) mass is 311 g/mol. The first-order valence-electron chi connectivity index (χ1n) is 7.85. The molecule has 0 spiro atoms. The SMILES string of the molecule is CC(O)(CC(=O)NC1CCc2c(O)cccc21)c1ccccc1. The highest BCUT2D eigenvalue weighted by atomic mass is 16.3. The third-order valence-corrected chi connectivity index (χ3v) is 4.48. The second-order valence-corrected chi connectivity index (χ2v) is 6.32. The minimum atomic E-state index is -1.20. The number of hydrogen-bond acceptors (Lipinski definition) is 3. The molecule has 0 saturated carbocycles. The van der Waals surface area contributed by atoms with E-state index >= 15 is 0 Å². The Morgan fingerprint density at radius 1 is 1.22 bits per heavy atom. The molecular formula is C19H21NO3. The van der Waals surface area contributed by atoms with Crippen LogP contribution in [0.15, 0.2) is 48.5 Å². The molecule has 2 aromatic rings. The molecule has 0 aliphatic heterocycles. The van der Waals surface area contributed by atoms with Gasteiger partial charge in [-0.15, -0.1) is 0 Å². The molecule has 1 amide bonds. The Bertz CT molecular complexity index is 710. The quantitative estimate of drug-likeness (QED) is 0.813. The number of benzene rings is 2. The number of aliphatic hydroxyl groups is 1. The Morgan fingerprint density at radius 3 is 2.70 bits per heavy atom. The van der Waals surface area contributed by atoms with Crippen LogP contribution in [0.5, 0.6) is 5.75 Å². The summed E-state index contributed by atoms with van der Waals surface area (Å²) in [6.07, 6.45) is 1.52. The number of fused-ring (bicyclic) bond motifs is 1. The van der Waals surface area contributed by atoms with Crippen LogP contribution >= 0.6 is 0 Å². The van der Waals surface area contributed by atoms with Crippen molar-refractivity contribution in [3.8, 4) is 5.75 Å². The van der Waals surface area contributed by atoms with Crippen LogP contribution in [0.3, 0.4) is 0 Å². The van der Waals surface area contributed by atoms with Gasteiger partial charge in [-0.25, -0.2) is 0 Å². The van der Waals surface area contributed by atoms with Crippen LogP contribution in [0.25, 0.3) is 0 Å². The standard InChI is InChI=1S/C19H21NO3/c1-19(23,13-6-3-2-4-7-13)12-18(22)20-16-11-10-15-14(16)8-5-9-17(15)21/h2-9,16,21,23H,10-12H2,1H3,(H,20,22). The van der Waals surface area contributed by atoms with Gasteiger partial charge in [-0.1, -0.05) is 42.5 Å². The van der Waals surface area contributed by atoms with Crippen LogP contribution in [0.4, 0.5) is 0 Å². The zero-order valence-corrected chi connectivity index (χ0v) is 13.1. The van der Waals surface area contributed by atoms with E-state index in [-0.39, 0.29) is 24.1 Å². The largest absolute Gasteiger partial charge is 0.508 e. The first-order chi connectivity index (χ1) is 11.0. The van der Waals surface area contributed by atoms with Crippen molar-refractivity contribution in [3.05, 3.63) is 65.2 Å². The molecule has 3 rings (SSSR count). The minimum Gasteiger partial charge on any atom is -0.508 e. The lowest BCUT2D eigenvalue weighted by atomic mass is 9.92. The van der Waals surface area contributed by atoms with Gasteiger partial charge in [-0.2, -0.15) is 0 Å². The average molecular weight is 311 g/mol. The van der Waals surface area contributed by atoms with Crippen molar-refractivity contribution >= 4 is 5.91 Å². The molecule has 0 bridgehead atoms. The number of aromatic hydroxyl groups is 1. The molecular weight excluding hydrogens is 290 g/mol. The maximum atomic E-state index is 12.3. The summed E-state index contributed by atoms with van der Waals surface area (Å²) in [7, 11) is 0. The predicted molar refractivity (Wildman–Crippen MR) is 87.9 cm³/mol. The minimum absolute atomic E-state index is 0.00165. The molecule has 0 aromatic heterocycles. The number of nitrogens with one attached hydrogen (secondary N) is 1. The maximum absolute atomic E-state index is 12.3. The molecule has 120 valence electrons. The van der Waals surface area contributed by atoms with Crippen molar-refractivity contribution in [2.45, 2.75) is 37.8 Å². The molecule has 3 N–H and O–H groups in total. The molecule has 2 unspecified atom stereocenters. The fraction of sp³-hybridized carbons (Fsp3) is 0.316. The van der Waals surface area contributed by atoms with E-state index in [0.717, 1.165) is 29.5 Å². The smallest absolute Gasteiger partial charge is 0.223 e. The third-order valence-electron chi connectivity index (χ3n) is 4.48. The molecule has 0 fully saturated rings. The van der Waals surface area contributed by atoms with Gasteiger partial charge in [0.2, 0.25) is 5.91 Å². The number of hydrogen-bond donors (Lipinski definition) is 3. The molecule has 2 aromatic carbocycles. The Labute approximate surface area is 135 Å². The van der Waals surface area contributed by atoms with Crippen LogP contribution in [-0.4, -0.2) is 16.1 Å². The van der Waals surface area contributed by atoms with E-state index in [2.05, 4.69) is 5.32 Å². The normalized spacial score (nSPS) is 19.0. The Hall–Kier alpha value is -2.33. The summed E-state index contributed by atoms with van der Waals surface area (Å²) < 4.78 is 0. The summed E-state index contributed by atoms with van der Waals surface area (Å²) in [4.78, 5) is 12.3. The zero-order chi connectivity index (χ0) is 16.4. The highest BCUT2D eigenvalue weighted by Gasteiger charge is 2.30. The van der Waals surface area contributed by atoms with Crippen LogP contribution in [0.2, 0.25) is 0 Å². The van der Waals surface area contributed by atoms with Gasteiger partial charge >= 0.3 is 0 Å². The highest BCUT2D eigenvalue weighted by Crippen LogP contribution is 2.36. The fourth-order valence-corrected chi connectivity index (χ4v) is 3.24. The molecule has 23 heavy (non-hydrogen) atoms. The van der Waals surface area contributed by atoms with Crippen LogP contribution in [0, 0.1) is 0 Å². The second kappa shape index (κ2) is 6.05. The summed E-state index contributed by atoms with van der Waals surface area (Å²) in [5.74, 6) is 0.0931. The number of phenolic OH excluding ortho intramolecular Hbond substituents is 1. The molecule has 0 saturated heterocycles. The topological polar surface area (TPSA) is 69.6 Å². The van der Waals surface area contributed by atoms with Gasteiger partial charge in [-0.3, -0.25) is 4.79 Å². The van der Waals surface area contributed by atoms with E-state index in [4.69, 9.17) is 0 Å². The van der Waals surface area contributed by atoms with E-state index in [9.17, 15) is 15.0 Å². The summed E-state index contributed by atoms with van der Waals surface area (Å²) in [5.41, 5.74) is 1.40. The molecule has 0 heterocycles. The summed E-state index contributed by atoms with van der Waals surface area (Å²) in [6, 6.07) is 14.5. The van der Waals surface area contributed by atoms with Gasteiger partial charge < -0.3 is 15.5 Å². The number of carbonyl (C=O) groups is 1. The highest BCUT2D eigenvalue weighted by molar-refractivity contribution is 5.78. The molecule has 1 aliphatic carbocycles. The van der Waals surface area contributed by atoms with E-state index in [1.54, 1.807) is 19.1 Å². The van der Waals surface area contributed by atoms with E-state index in [1.807, 2.05) is 36.4 Å². The summed E-state index contributed by atoms with van der Waals surface area (Å²) >= 11 is 0. The van der Waals surface area contributed by atoms with E-state index < -0.39 is 5.60 Å². The average Bonchev–Trinajstić information content (AvgIpc) is 2.92. The predicted octanol–water partition coefficient (Wildman–Crippen LogP) is 2.79. The van der Waals surface area contributed by atoms with Crippen LogP contribution in [0.1, 0.15) is 42.5 Å². The Kier molecular flexibility index (Phi) is 4.09. The fourth-order valence-electron chi connectivity index (χ4n) is 3.24. The van der Waals surface area contributed by atoms with Crippen molar-refractivity contribution in [2.24, 2.45) is 0 Å². The lowest BCUT2D eigenvalue weighted by Gasteiger charge is -2.24. The summed E-state index contributed by atoms with van der Waals surface area (Å²) in [5, 5.41) is 23.4. The van der Waals surface area contributed by atoms with Crippen LogP contribution < -0.4 is 5.32 Å². The first kappa shape index (κ1) is 15.6. The van der Waals surface area contributed by atoms with Gasteiger partial charge in [-0.05, 0) is 42.5 Å².